The first kappa shape index (κ1) is 19.4. The summed E-state index contributed by atoms with van der Waals surface area (Å²) in [7, 11) is 1.30. The number of ether oxygens (including phenoxy) is 2. The van der Waals surface area contributed by atoms with Gasteiger partial charge in [0.15, 0.2) is 5.11 Å². The molecule has 136 valence electrons. The van der Waals surface area contributed by atoms with E-state index >= 15 is 0 Å². The summed E-state index contributed by atoms with van der Waals surface area (Å²) in [5.41, 5.74) is 1.39. The number of methoxy groups -OCH3 is 1. The Morgan fingerprint density at radius 3 is 2.23 bits per heavy atom. The maximum atomic E-state index is 12.3. The first-order valence-corrected chi connectivity index (χ1v) is 8.38. The molecule has 2 rings (SSSR count). The molecule has 0 saturated carbocycles. The summed E-state index contributed by atoms with van der Waals surface area (Å²) in [5.74, 6) is -0.210. The van der Waals surface area contributed by atoms with E-state index in [1.165, 1.54) is 31.4 Å². The van der Waals surface area contributed by atoms with Gasteiger partial charge in [0.1, 0.15) is 5.75 Å². The van der Waals surface area contributed by atoms with Crippen LogP contribution in [0.5, 0.6) is 5.75 Å². The molecule has 0 aliphatic heterocycles. The van der Waals surface area contributed by atoms with Crippen LogP contribution in [-0.2, 0) is 4.74 Å². The maximum absolute atomic E-state index is 12.3. The van der Waals surface area contributed by atoms with Crippen molar-refractivity contribution < 1.29 is 19.1 Å². The highest BCUT2D eigenvalue weighted by Crippen LogP contribution is 2.24. The monoisotopic (exact) mass is 372 g/mol. The van der Waals surface area contributed by atoms with Crippen molar-refractivity contribution in [2.75, 3.05) is 12.4 Å². The van der Waals surface area contributed by atoms with Gasteiger partial charge < -0.3 is 14.8 Å². The van der Waals surface area contributed by atoms with E-state index in [0.29, 0.717) is 22.6 Å². The van der Waals surface area contributed by atoms with Gasteiger partial charge in [-0.25, -0.2) is 4.79 Å². The van der Waals surface area contributed by atoms with Crippen LogP contribution in [0.3, 0.4) is 0 Å². The Morgan fingerprint density at radius 2 is 1.62 bits per heavy atom. The van der Waals surface area contributed by atoms with Gasteiger partial charge in [-0.2, -0.15) is 0 Å². The van der Waals surface area contributed by atoms with Gasteiger partial charge in [0.05, 0.1) is 24.5 Å². The molecule has 0 atom stereocenters. The molecule has 2 aromatic carbocycles. The molecule has 0 heterocycles. The second-order valence-corrected chi connectivity index (χ2v) is 6.05. The van der Waals surface area contributed by atoms with Crippen molar-refractivity contribution in [1.82, 2.24) is 5.32 Å². The van der Waals surface area contributed by atoms with Crippen molar-refractivity contribution in [3.63, 3.8) is 0 Å². The number of anilines is 1. The highest BCUT2D eigenvalue weighted by molar-refractivity contribution is 7.80. The number of para-hydroxylation sites is 2. The number of amides is 1. The van der Waals surface area contributed by atoms with Gasteiger partial charge in [0.2, 0.25) is 0 Å². The Balaban J connectivity index is 2.02. The van der Waals surface area contributed by atoms with Crippen LogP contribution in [0.1, 0.15) is 34.6 Å². The van der Waals surface area contributed by atoms with Crippen molar-refractivity contribution in [3.05, 3.63) is 59.7 Å². The minimum absolute atomic E-state index is 0.00874. The number of thiocarbonyl (C=S) groups is 1. The molecule has 0 radical (unpaired) electrons. The lowest BCUT2D eigenvalue weighted by atomic mass is 10.1. The number of hydrogen-bond donors (Lipinski definition) is 2. The summed E-state index contributed by atoms with van der Waals surface area (Å²) in [4.78, 5) is 23.7. The Kier molecular flexibility index (Phi) is 6.68. The molecule has 0 aliphatic rings. The predicted octanol–water partition coefficient (Wildman–Crippen LogP) is 3.39. The molecule has 6 nitrogen and oxygen atoms in total. The fourth-order valence-corrected chi connectivity index (χ4v) is 2.33. The molecule has 0 aliphatic carbocycles. The van der Waals surface area contributed by atoms with Crippen molar-refractivity contribution in [1.29, 1.82) is 0 Å². The number of rotatable bonds is 5. The van der Waals surface area contributed by atoms with Crippen LogP contribution in [0.2, 0.25) is 0 Å². The molecule has 0 saturated heterocycles. The summed E-state index contributed by atoms with van der Waals surface area (Å²) < 4.78 is 10.3. The van der Waals surface area contributed by atoms with E-state index in [1.54, 1.807) is 6.07 Å². The van der Waals surface area contributed by atoms with Crippen LogP contribution >= 0.6 is 12.2 Å². The number of carbonyl (C=O) groups excluding carboxylic acids is 2. The van der Waals surface area contributed by atoms with Crippen molar-refractivity contribution in [2.24, 2.45) is 0 Å². The Labute approximate surface area is 157 Å². The topological polar surface area (TPSA) is 76.7 Å². The largest absolute Gasteiger partial charge is 0.489 e. The Hall–Kier alpha value is -2.93. The summed E-state index contributed by atoms with van der Waals surface area (Å²) in [6.07, 6.45) is 0.00874. The third-order valence-electron chi connectivity index (χ3n) is 3.29. The zero-order chi connectivity index (χ0) is 19.1. The van der Waals surface area contributed by atoms with Crippen LogP contribution in [0.4, 0.5) is 5.69 Å². The highest BCUT2D eigenvalue weighted by atomic mass is 32.1. The fraction of sp³-hybridized carbons (Fsp3) is 0.211. The SMILES string of the molecule is COC(=O)c1ccc(C(=O)NC(=S)Nc2ccccc2OC(C)C)cc1. The van der Waals surface area contributed by atoms with Gasteiger partial charge in [-0.1, -0.05) is 12.1 Å². The average molecular weight is 372 g/mol. The van der Waals surface area contributed by atoms with E-state index in [4.69, 9.17) is 17.0 Å². The number of esters is 1. The summed E-state index contributed by atoms with van der Waals surface area (Å²) in [6, 6.07) is 13.4. The first-order valence-electron chi connectivity index (χ1n) is 7.97. The number of nitrogens with one attached hydrogen (secondary N) is 2. The minimum atomic E-state index is -0.462. The number of benzene rings is 2. The summed E-state index contributed by atoms with van der Waals surface area (Å²) in [6.45, 7) is 3.85. The molecule has 7 heteroatoms. The van der Waals surface area contributed by atoms with Crippen LogP contribution < -0.4 is 15.4 Å². The molecule has 0 spiro atoms. The molecule has 2 aromatic rings. The van der Waals surface area contributed by atoms with Gasteiger partial charge in [-0.05, 0) is 62.5 Å². The zero-order valence-electron chi connectivity index (χ0n) is 14.7. The van der Waals surface area contributed by atoms with Crippen molar-refractivity contribution in [2.45, 2.75) is 20.0 Å². The molecular weight excluding hydrogens is 352 g/mol. The summed E-state index contributed by atoms with van der Waals surface area (Å²) in [5, 5.41) is 5.70. The number of hydrogen-bond acceptors (Lipinski definition) is 5. The van der Waals surface area contributed by atoms with Crippen LogP contribution in [0.15, 0.2) is 48.5 Å². The Morgan fingerprint density at radius 1 is 1.00 bits per heavy atom. The molecular formula is C19H20N2O4S. The van der Waals surface area contributed by atoms with E-state index < -0.39 is 5.97 Å². The predicted molar refractivity (Wildman–Crippen MR) is 104 cm³/mol. The van der Waals surface area contributed by atoms with E-state index in [1.807, 2.05) is 32.0 Å². The van der Waals surface area contributed by atoms with Crippen molar-refractivity contribution in [3.8, 4) is 5.75 Å². The quantitative estimate of drug-likeness (QED) is 0.619. The lowest BCUT2D eigenvalue weighted by Gasteiger charge is -2.16. The first-order chi connectivity index (χ1) is 12.4. The van der Waals surface area contributed by atoms with E-state index in [2.05, 4.69) is 15.4 Å². The second kappa shape index (κ2) is 8.96. The molecule has 0 fully saturated rings. The van der Waals surface area contributed by atoms with Crippen LogP contribution in [0.25, 0.3) is 0 Å². The molecule has 0 unspecified atom stereocenters. The van der Waals surface area contributed by atoms with Gasteiger partial charge >= 0.3 is 5.97 Å². The highest BCUT2D eigenvalue weighted by Gasteiger charge is 2.12. The summed E-state index contributed by atoms with van der Waals surface area (Å²) >= 11 is 5.20. The maximum Gasteiger partial charge on any atom is 0.337 e. The standard InChI is InChI=1S/C19H20N2O4S/c1-12(2)25-16-7-5-4-6-15(16)20-19(26)21-17(22)13-8-10-14(11-9-13)18(23)24-3/h4-12H,1-3H3,(H2,20,21,22,26). The second-order valence-electron chi connectivity index (χ2n) is 5.64. The Bertz CT molecular complexity index is 803. The van der Waals surface area contributed by atoms with Gasteiger partial charge in [0.25, 0.3) is 5.91 Å². The number of carbonyl (C=O) groups is 2. The third-order valence-corrected chi connectivity index (χ3v) is 3.50. The minimum Gasteiger partial charge on any atom is -0.489 e. The van der Waals surface area contributed by atoms with E-state index in [9.17, 15) is 9.59 Å². The van der Waals surface area contributed by atoms with Gasteiger partial charge in [0, 0.05) is 5.56 Å². The lowest BCUT2D eigenvalue weighted by Crippen LogP contribution is -2.34. The molecule has 0 aromatic heterocycles. The van der Waals surface area contributed by atoms with Crippen molar-refractivity contribution >= 4 is 34.9 Å². The van der Waals surface area contributed by atoms with Crippen LogP contribution in [0, 0.1) is 0 Å². The molecule has 2 N–H and O–H groups in total. The lowest BCUT2D eigenvalue weighted by molar-refractivity contribution is 0.0600. The average Bonchev–Trinajstić information content (AvgIpc) is 2.62. The van der Waals surface area contributed by atoms with Gasteiger partial charge in [-0.3, -0.25) is 10.1 Å². The third kappa shape index (κ3) is 5.29. The smallest absolute Gasteiger partial charge is 0.337 e. The normalized spacial score (nSPS) is 10.2. The van der Waals surface area contributed by atoms with Gasteiger partial charge in [-0.15, -0.1) is 0 Å². The fourth-order valence-electron chi connectivity index (χ4n) is 2.13. The molecule has 1 amide bonds. The molecule has 0 bridgehead atoms. The van der Waals surface area contributed by atoms with E-state index in [0.717, 1.165) is 0 Å². The van der Waals surface area contributed by atoms with E-state index in [-0.39, 0.29) is 17.1 Å². The molecule has 26 heavy (non-hydrogen) atoms. The zero-order valence-corrected chi connectivity index (χ0v) is 15.6. The van der Waals surface area contributed by atoms with Crippen LogP contribution in [-0.4, -0.2) is 30.2 Å².